The van der Waals surface area contributed by atoms with E-state index in [9.17, 15) is 14.4 Å². The minimum atomic E-state index is -0.502. The Hall–Kier alpha value is -5.02. The molecule has 0 aliphatic heterocycles. The maximum absolute atomic E-state index is 13.4. The number of carbonyl (C=O) groups is 3. The van der Waals surface area contributed by atoms with Crippen LogP contribution in [0.3, 0.4) is 0 Å². The number of hydrogen-bond donors (Lipinski definition) is 1. The molecule has 210 valence electrons. The van der Waals surface area contributed by atoms with Crippen molar-refractivity contribution in [1.29, 1.82) is 0 Å². The van der Waals surface area contributed by atoms with Crippen LogP contribution in [0.4, 0.5) is 0 Å². The molecule has 0 saturated heterocycles. The van der Waals surface area contributed by atoms with Crippen LogP contribution in [-0.4, -0.2) is 33.7 Å². The molecule has 0 aliphatic carbocycles. The molecule has 8 nitrogen and oxygen atoms in total. The Kier molecular flexibility index (Phi) is 8.04. The minimum absolute atomic E-state index is 0.0956. The Morgan fingerprint density at radius 3 is 1.60 bits per heavy atom. The van der Waals surface area contributed by atoms with E-state index in [4.69, 9.17) is 9.68 Å². The molecule has 0 bridgehead atoms. The second-order valence-electron chi connectivity index (χ2n) is 9.74. The summed E-state index contributed by atoms with van der Waals surface area (Å²) in [5.41, 5.74) is 6.52. The van der Waals surface area contributed by atoms with Crippen molar-refractivity contribution in [2.75, 3.05) is 0 Å². The largest absolute Gasteiger partial charge is 0.331 e. The Balaban J connectivity index is 1.67. The van der Waals surface area contributed by atoms with Crippen molar-refractivity contribution in [1.82, 2.24) is 4.57 Å². The Bertz CT molecular complexity index is 1920. The zero-order chi connectivity index (χ0) is 30.0. The van der Waals surface area contributed by atoms with Crippen molar-refractivity contribution in [2.24, 2.45) is 10.3 Å². The van der Waals surface area contributed by atoms with Gasteiger partial charge in [0.25, 0.3) is 0 Å². The summed E-state index contributed by atoms with van der Waals surface area (Å²) in [5.74, 6) is -1.08. The van der Waals surface area contributed by atoms with Gasteiger partial charge in [-0.2, -0.15) is 0 Å². The maximum atomic E-state index is 13.4. The lowest BCUT2D eigenvalue weighted by Gasteiger charge is -2.10. The summed E-state index contributed by atoms with van der Waals surface area (Å²) in [6.45, 7) is 6.13. The normalized spacial score (nSPS) is 12.0. The average Bonchev–Trinajstić information content (AvgIpc) is 3.31. The highest BCUT2D eigenvalue weighted by atomic mass is 32.1. The van der Waals surface area contributed by atoms with E-state index in [1.165, 1.54) is 13.8 Å². The molecule has 9 heteroatoms. The fourth-order valence-electron chi connectivity index (χ4n) is 4.67. The summed E-state index contributed by atoms with van der Waals surface area (Å²) in [4.78, 5) is 46.3. The molecule has 5 rings (SSSR count). The highest BCUT2D eigenvalue weighted by Crippen LogP contribution is 2.34. The highest BCUT2D eigenvalue weighted by Gasteiger charge is 2.17. The van der Waals surface area contributed by atoms with Crippen molar-refractivity contribution in [2.45, 2.75) is 32.6 Å². The van der Waals surface area contributed by atoms with Gasteiger partial charge in [0.2, 0.25) is 0 Å². The van der Waals surface area contributed by atoms with Gasteiger partial charge in [0.1, 0.15) is 0 Å². The van der Waals surface area contributed by atoms with E-state index < -0.39 is 11.9 Å². The second kappa shape index (κ2) is 11.8. The highest BCUT2D eigenvalue weighted by molar-refractivity contribution is 7.80. The molecule has 0 radical (unpaired) electrons. The van der Waals surface area contributed by atoms with Crippen molar-refractivity contribution >= 4 is 63.6 Å². The number of thiol groups is 1. The predicted octanol–water partition coefficient (Wildman–Crippen LogP) is 6.88. The summed E-state index contributed by atoms with van der Waals surface area (Å²) < 4.78 is 2.11. The minimum Gasteiger partial charge on any atom is -0.318 e. The lowest BCUT2D eigenvalue weighted by molar-refractivity contribution is -0.141. The number of fused-ring (bicyclic) bond motifs is 3. The molecule has 0 saturated carbocycles. The SMILES string of the molecule is CC(=O)O/N=C(\C)c1ccc(-n2c3ccc(C(=O)c4ccc(S)cc4)cc3c3cc(/C(C)=N/OC(C)=O)ccc32)cc1. The van der Waals surface area contributed by atoms with Crippen LogP contribution < -0.4 is 0 Å². The third-order valence-corrected chi connectivity index (χ3v) is 7.04. The lowest BCUT2D eigenvalue weighted by Crippen LogP contribution is -2.02. The van der Waals surface area contributed by atoms with Gasteiger partial charge in [0.05, 0.1) is 22.5 Å². The van der Waals surface area contributed by atoms with E-state index in [0.717, 1.165) is 43.5 Å². The van der Waals surface area contributed by atoms with Crippen molar-refractivity contribution in [3.8, 4) is 5.69 Å². The van der Waals surface area contributed by atoms with E-state index in [2.05, 4.69) is 27.5 Å². The molecule has 0 unspecified atom stereocenters. The number of carbonyl (C=O) groups excluding carboxylic acids is 3. The van der Waals surface area contributed by atoms with E-state index in [1.54, 1.807) is 38.1 Å². The van der Waals surface area contributed by atoms with Gasteiger partial charge in [-0.15, -0.1) is 12.6 Å². The zero-order valence-electron chi connectivity index (χ0n) is 23.4. The smallest absolute Gasteiger partial charge is 0.318 e. The van der Waals surface area contributed by atoms with Crippen LogP contribution in [0.1, 0.15) is 54.7 Å². The van der Waals surface area contributed by atoms with Gasteiger partial charge in [0, 0.05) is 46.3 Å². The molecule has 4 aromatic carbocycles. The molecule has 0 atom stereocenters. The van der Waals surface area contributed by atoms with Crippen LogP contribution in [0.15, 0.2) is 100 Å². The molecule has 0 aliphatic rings. The summed E-state index contributed by atoms with van der Waals surface area (Å²) >= 11 is 4.32. The first kappa shape index (κ1) is 28.5. The van der Waals surface area contributed by atoms with E-state index in [-0.39, 0.29) is 5.78 Å². The van der Waals surface area contributed by atoms with Crippen LogP contribution in [-0.2, 0) is 19.3 Å². The zero-order valence-corrected chi connectivity index (χ0v) is 24.3. The van der Waals surface area contributed by atoms with Gasteiger partial charge in [-0.1, -0.05) is 28.5 Å². The van der Waals surface area contributed by atoms with E-state index >= 15 is 0 Å². The van der Waals surface area contributed by atoms with Gasteiger partial charge >= 0.3 is 11.9 Å². The number of oxime groups is 2. The number of ketones is 1. The fourth-order valence-corrected chi connectivity index (χ4v) is 4.82. The molecule has 0 N–H and O–H groups in total. The molecule has 5 aromatic rings. The summed E-state index contributed by atoms with van der Waals surface area (Å²) in [6, 6.07) is 26.4. The number of nitrogens with zero attached hydrogens (tertiary/aromatic N) is 3. The molecule has 42 heavy (non-hydrogen) atoms. The van der Waals surface area contributed by atoms with E-state index in [1.807, 2.05) is 60.7 Å². The van der Waals surface area contributed by atoms with Crippen molar-refractivity contribution < 1.29 is 24.1 Å². The van der Waals surface area contributed by atoms with Crippen LogP contribution in [0.25, 0.3) is 27.5 Å². The van der Waals surface area contributed by atoms with Gasteiger partial charge in [-0.3, -0.25) is 4.79 Å². The lowest BCUT2D eigenvalue weighted by atomic mass is 10.0. The third kappa shape index (κ3) is 5.87. The molecule has 0 amide bonds. The first-order valence-corrected chi connectivity index (χ1v) is 13.5. The van der Waals surface area contributed by atoms with Gasteiger partial charge in [-0.05, 0) is 91.7 Å². The second-order valence-corrected chi connectivity index (χ2v) is 10.3. The quantitative estimate of drug-likeness (QED) is 0.0748. The first-order valence-electron chi connectivity index (χ1n) is 13.1. The first-order chi connectivity index (χ1) is 20.1. The monoisotopic (exact) mass is 577 g/mol. The maximum Gasteiger partial charge on any atom is 0.331 e. The number of benzene rings is 4. The Morgan fingerprint density at radius 1 is 0.595 bits per heavy atom. The van der Waals surface area contributed by atoms with Crippen molar-refractivity contribution in [3.63, 3.8) is 0 Å². The van der Waals surface area contributed by atoms with Gasteiger partial charge < -0.3 is 14.2 Å². The molecule has 0 fully saturated rings. The number of rotatable bonds is 7. The molecule has 1 heterocycles. The number of aromatic nitrogens is 1. The Morgan fingerprint density at radius 2 is 1.05 bits per heavy atom. The Labute approximate surface area is 247 Å². The van der Waals surface area contributed by atoms with Gasteiger partial charge in [-0.25, -0.2) is 9.59 Å². The summed E-state index contributed by atoms with van der Waals surface area (Å²) in [7, 11) is 0. The third-order valence-electron chi connectivity index (χ3n) is 6.74. The van der Waals surface area contributed by atoms with Crippen molar-refractivity contribution in [3.05, 3.63) is 107 Å². The topological polar surface area (TPSA) is 99.3 Å². The molecular weight excluding hydrogens is 550 g/mol. The van der Waals surface area contributed by atoms with E-state index in [0.29, 0.717) is 22.6 Å². The van der Waals surface area contributed by atoms with Gasteiger partial charge in [0.15, 0.2) is 5.78 Å². The molecular formula is C33H27N3O5S. The van der Waals surface area contributed by atoms with Crippen LogP contribution in [0.2, 0.25) is 0 Å². The predicted molar refractivity (Wildman–Crippen MR) is 166 cm³/mol. The fraction of sp³-hybridized carbons (Fsp3) is 0.121. The van der Waals surface area contributed by atoms with Crippen LogP contribution >= 0.6 is 12.6 Å². The standard InChI is InChI=1S/C33H27N3O5S/c1-19(34-40-21(3)37)23-5-11-27(12-6-23)36-31-15-9-25(20(2)35-41-22(4)38)17-29(31)30-18-26(10-16-32(30)36)33(39)24-7-13-28(42)14-8-24/h5-18,42H,1-4H3/b34-19+,35-20+. The average molecular weight is 578 g/mol. The molecule has 1 aromatic heterocycles. The molecule has 0 spiro atoms. The van der Waals surface area contributed by atoms with Crippen LogP contribution in [0.5, 0.6) is 0 Å². The van der Waals surface area contributed by atoms with Crippen LogP contribution in [0, 0.1) is 0 Å². The number of hydrogen-bond acceptors (Lipinski definition) is 8. The summed E-state index contributed by atoms with van der Waals surface area (Å²) in [5, 5.41) is 9.60. The summed E-state index contributed by atoms with van der Waals surface area (Å²) in [6.07, 6.45) is 0.